The molecule has 0 bridgehead atoms. The number of hydrogen-bond acceptors (Lipinski definition) is 3. The standard InChI is InChI=1S/C22H24N2O4/c1-14(2)15-6-5-7-17(10-15)28-13-21(25)24-20(22(26)27)11-16-12-23-19-9-4-3-8-18(16)19/h3-10,12,14,20,23H,11,13H2,1-2H3,(H,24,25)(H,26,27). The minimum atomic E-state index is -1.08. The van der Waals surface area contributed by atoms with Crippen LogP contribution in [0, 0.1) is 0 Å². The normalized spacial score (nSPS) is 12.1. The first kappa shape index (κ1) is 19.5. The van der Waals surface area contributed by atoms with Crippen LogP contribution < -0.4 is 10.1 Å². The molecule has 0 fully saturated rings. The van der Waals surface area contributed by atoms with E-state index in [1.807, 2.05) is 42.5 Å². The van der Waals surface area contributed by atoms with Crippen molar-refractivity contribution in [2.45, 2.75) is 32.2 Å². The fraction of sp³-hybridized carbons (Fsp3) is 0.273. The predicted molar refractivity (Wildman–Crippen MR) is 108 cm³/mol. The highest BCUT2D eigenvalue weighted by molar-refractivity contribution is 5.87. The Hall–Kier alpha value is -3.28. The van der Waals surface area contributed by atoms with Crippen molar-refractivity contribution in [1.82, 2.24) is 10.3 Å². The number of aliphatic carboxylic acids is 1. The molecule has 0 radical (unpaired) electrons. The summed E-state index contributed by atoms with van der Waals surface area (Å²) in [4.78, 5) is 27.0. The van der Waals surface area contributed by atoms with Crippen molar-refractivity contribution in [3.8, 4) is 5.75 Å². The summed E-state index contributed by atoms with van der Waals surface area (Å²) in [7, 11) is 0. The van der Waals surface area contributed by atoms with Gasteiger partial charge in [0.25, 0.3) is 5.91 Å². The van der Waals surface area contributed by atoms with E-state index in [9.17, 15) is 14.7 Å². The van der Waals surface area contributed by atoms with Crippen molar-refractivity contribution < 1.29 is 19.4 Å². The van der Waals surface area contributed by atoms with E-state index in [0.717, 1.165) is 22.0 Å². The molecule has 0 aliphatic heterocycles. The summed E-state index contributed by atoms with van der Waals surface area (Å²) < 4.78 is 5.53. The molecule has 3 N–H and O–H groups in total. The maximum Gasteiger partial charge on any atom is 0.326 e. The zero-order valence-electron chi connectivity index (χ0n) is 15.9. The number of fused-ring (bicyclic) bond motifs is 1. The number of H-pyrrole nitrogens is 1. The van der Waals surface area contributed by atoms with Crippen LogP contribution in [0.1, 0.15) is 30.9 Å². The van der Waals surface area contributed by atoms with Crippen LogP contribution >= 0.6 is 0 Å². The van der Waals surface area contributed by atoms with E-state index < -0.39 is 17.9 Å². The first-order valence-corrected chi connectivity index (χ1v) is 9.24. The second kappa shape index (κ2) is 8.61. The van der Waals surface area contributed by atoms with Crippen molar-refractivity contribution in [2.75, 3.05) is 6.61 Å². The van der Waals surface area contributed by atoms with Crippen LogP contribution in [0.2, 0.25) is 0 Å². The van der Waals surface area contributed by atoms with E-state index in [0.29, 0.717) is 11.7 Å². The molecule has 0 spiro atoms. The van der Waals surface area contributed by atoms with Gasteiger partial charge in [0, 0.05) is 23.5 Å². The maximum absolute atomic E-state index is 12.2. The van der Waals surface area contributed by atoms with Gasteiger partial charge in [0.2, 0.25) is 0 Å². The quantitative estimate of drug-likeness (QED) is 0.558. The van der Waals surface area contributed by atoms with E-state index in [2.05, 4.69) is 24.1 Å². The van der Waals surface area contributed by atoms with Crippen LogP contribution in [0.5, 0.6) is 5.75 Å². The van der Waals surface area contributed by atoms with Gasteiger partial charge in [0.15, 0.2) is 6.61 Å². The zero-order valence-corrected chi connectivity index (χ0v) is 15.9. The number of carboxylic acids is 1. The molecule has 28 heavy (non-hydrogen) atoms. The van der Waals surface area contributed by atoms with E-state index in [1.54, 1.807) is 12.3 Å². The summed E-state index contributed by atoms with van der Waals surface area (Å²) >= 11 is 0. The zero-order chi connectivity index (χ0) is 20.1. The lowest BCUT2D eigenvalue weighted by Gasteiger charge is -2.15. The fourth-order valence-electron chi connectivity index (χ4n) is 3.07. The molecule has 3 aromatic rings. The van der Waals surface area contributed by atoms with Crippen LogP contribution in [-0.2, 0) is 16.0 Å². The molecule has 1 amide bonds. The average molecular weight is 380 g/mol. The second-order valence-electron chi connectivity index (χ2n) is 7.04. The minimum absolute atomic E-state index is 0.188. The summed E-state index contributed by atoms with van der Waals surface area (Å²) in [6.07, 6.45) is 1.97. The van der Waals surface area contributed by atoms with Gasteiger partial charge in [-0.25, -0.2) is 4.79 Å². The number of hydrogen-bond donors (Lipinski definition) is 3. The van der Waals surface area contributed by atoms with Gasteiger partial charge in [-0.05, 0) is 35.2 Å². The Morgan fingerprint density at radius 2 is 1.93 bits per heavy atom. The number of aromatic amines is 1. The summed E-state index contributed by atoms with van der Waals surface area (Å²) in [6.45, 7) is 3.92. The Labute approximate surface area is 163 Å². The Balaban J connectivity index is 1.62. The SMILES string of the molecule is CC(C)c1cccc(OCC(=O)NC(Cc2c[nH]c3ccccc23)C(=O)O)c1. The van der Waals surface area contributed by atoms with Crippen LogP contribution in [0.3, 0.4) is 0 Å². The summed E-state index contributed by atoms with van der Waals surface area (Å²) in [5.74, 6) is -0.613. The highest BCUT2D eigenvalue weighted by Gasteiger charge is 2.22. The highest BCUT2D eigenvalue weighted by atomic mass is 16.5. The van der Waals surface area contributed by atoms with Crippen molar-refractivity contribution in [3.63, 3.8) is 0 Å². The molecular formula is C22H24N2O4. The maximum atomic E-state index is 12.2. The van der Waals surface area contributed by atoms with Crippen LogP contribution in [0.25, 0.3) is 10.9 Å². The third-order valence-corrected chi connectivity index (χ3v) is 4.63. The lowest BCUT2D eigenvalue weighted by molar-refractivity contribution is -0.142. The lowest BCUT2D eigenvalue weighted by Crippen LogP contribution is -2.44. The number of carbonyl (C=O) groups is 2. The number of para-hydroxylation sites is 1. The molecule has 1 atom stereocenters. The van der Waals surface area contributed by atoms with Crippen LogP contribution in [0.15, 0.2) is 54.7 Å². The van der Waals surface area contributed by atoms with Gasteiger partial charge in [-0.15, -0.1) is 0 Å². The molecule has 0 aliphatic rings. The molecule has 0 saturated heterocycles. The van der Waals surface area contributed by atoms with Gasteiger partial charge in [0.1, 0.15) is 11.8 Å². The van der Waals surface area contributed by atoms with Gasteiger partial charge in [-0.2, -0.15) is 0 Å². The average Bonchev–Trinajstić information content (AvgIpc) is 3.09. The Kier molecular flexibility index (Phi) is 5.99. The number of carbonyl (C=O) groups excluding carboxylic acids is 1. The molecule has 2 aromatic carbocycles. The third kappa shape index (κ3) is 4.71. The van der Waals surface area contributed by atoms with Crippen molar-refractivity contribution >= 4 is 22.8 Å². The van der Waals surface area contributed by atoms with Gasteiger partial charge in [-0.3, -0.25) is 4.79 Å². The van der Waals surface area contributed by atoms with Gasteiger partial charge in [0.05, 0.1) is 0 Å². The Morgan fingerprint density at radius 1 is 1.14 bits per heavy atom. The van der Waals surface area contributed by atoms with Crippen molar-refractivity contribution in [1.29, 1.82) is 0 Å². The molecule has 0 saturated carbocycles. The van der Waals surface area contributed by atoms with Crippen LogP contribution in [0.4, 0.5) is 0 Å². The molecule has 3 rings (SSSR count). The molecule has 0 aliphatic carbocycles. The summed E-state index contributed by atoms with van der Waals surface area (Å²) in [5.41, 5.74) is 2.89. The van der Waals surface area contributed by atoms with E-state index >= 15 is 0 Å². The first-order chi connectivity index (χ1) is 13.4. The van der Waals surface area contributed by atoms with Gasteiger partial charge < -0.3 is 20.1 Å². The number of aromatic nitrogens is 1. The number of amides is 1. The molecule has 6 heteroatoms. The number of ether oxygens (including phenoxy) is 1. The third-order valence-electron chi connectivity index (χ3n) is 4.63. The Bertz CT molecular complexity index is 977. The van der Waals surface area contributed by atoms with Gasteiger partial charge >= 0.3 is 5.97 Å². The summed E-state index contributed by atoms with van der Waals surface area (Å²) in [5, 5.41) is 13.0. The van der Waals surface area contributed by atoms with Gasteiger partial charge in [-0.1, -0.05) is 44.2 Å². The fourth-order valence-corrected chi connectivity index (χ4v) is 3.07. The topological polar surface area (TPSA) is 91.4 Å². The first-order valence-electron chi connectivity index (χ1n) is 9.24. The number of nitrogens with one attached hydrogen (secondary N) is 2. The number of rotatable bonds is 8. The smallest absolute Gasteiger partial charge is 0.326 e. The number of carboxylic acid groups (broad SMARTS) is 1. The largest absolute Gasteiger partial charge is 0.484 e. The molecular weight excluding hydrogens is 356 g/mol. The van der Waals surface area contributed by atoms with E-state index in [1.165, 1.54) is 0 Å². The van der Waals surface area contributed by atoms with E-state index in [-0.39, 0.29) is 13.0 Å². The molecule has 1 heterocycles. The highest BCUT2D eigenvalue weighted by Crippen LogP contribution is 2.21. The Morgan fingerprint density at radius 3 is 2.68 bits per heavy atom. The van der Waals surface area contributed by atoms with Crippen molar-refractivity contribution in [3.05, 3.63) is 65.9 Å². The molecule has 1 aromatic heterocycles. The lowest BCUT2D eigenvalue weighted by atomic mass is 10.0. The van der Waals surface area contributed by atoms with E-state index in [4.69, 9.17) is 4.74 Å². The predicted octanol–water partition coefficient (Wildman–Crippen LogP) is 3.48. The second-order valence-corrected chi connectivity index (χ2v) is 7.04. The minimum Gasteiger partial charge on any atom is -0.484 e. The van der Waals surface area contributed by atoms with Crippen molar-refractivity contribution in [2.24, 2.45) is 0 Å². The molecule has 6 nitrogen and oxygen atoms in total. The monoisotopic (exact) mass is 380 g/mol. The van der Waals surface area contributed by atoms with Crippen LogP contribution in [-0.4, -0.2) is 34.6 Å². The summed E-state index contributed by atoms with van der Waals surface area (Å²) in [6, 6.07) is 14.2. The molecule has 146 valence electrons. The number of benzene rings is 2. The molecule has 1 unspecified atom stereocenters.